The molecular formula is C15H12Br2N2. The monoisotopic (exact) mass is 378 g/mol. The summed E-state index contributed by atoms with van der Waals surface area (Å²) >= 11 is 7.03. The Hall–Kier alpha value is -1.31. The Morgan fingerprint density at radius 3 is 2.53 bits per heavy atom. The van der Waals surface area contributed by atoms with Crippen LogP contribution in [0, 0.1) is 18.3 Å². The number of halogens is 2. The molecule has 0 spiro atoms. The van der Waals surface area contributed by atoms with Gasteiger partial charge in [-0.1, -0.05) is 28.1 Å². The molecule has 0 aliphatic rings. The standard InChI is InChI=1S/C15H12Br2N2/c1-10-2-4-12(13(16)6-10)9-19-15-5-3-11(8-18)7-14(15)17/h2-7,19H,9H2,1H3. The van der Waals surface area contributed by atoms with E-state index in [0.29, 0.717) is 5.56 Å². The molecule has 2 aromatic rings. The molecule has 0 radical (unpaired) electrons. The average Bonchev–Trinajstić information content (AvgIpc) is 2.39. The number of nitrogens with zero attached hydrogens (tertiary/aromatic N) is 1. The highest BCUT2D eigenvalue weighted by atomic mass is 79.9. The minimum absolute atomic E-state index is 0.647. The number of rotatable bonds is 3. The molecule has 96 valence electrons. The van der Waals surface area contributed by atoms with Crippen molar-refractivity contribution in [2.45, 2.75) is 13.5 Å². The van der Waals surface area contributed by atoms with E-state index in [1.807, 2.05) is 12.1 Å². The minimum Gasteiger partial charge on any atom is -0.380 e. The van der Waals surface area contributed by atoms with Crippen molar-refractivity contribution in [2.75, 3.05) is 5.32 Å². The fourth-order valence-corrected chi connectivity index (χ4v) is 2.87. The zero-order chi connectivity index (χ0) is 13.8. The normalized spacial score (nSPS) is 10.0. The van der Waals surface area contributed by atoms with Crippen molar-refractivity contribution < 1.29 is 0 Å². The van der Waals surface area contributed by atoms with Crippen LogP contribution in [0.5, 0.6) is 0 Å². The van der Waals surface area contributed by atoms with Crippen LogP contribution in [0.2, 0.25) is 0 Å². The van der Waals surface area contributed by atoms with E-state index in [1.165, 1.54) is 11.1 Å². The van der Waals surface area contributed by atoms with Gasteiger partial charge >= 0.3 is 0 Å². The number of hydrogen-bond donors (Lipinski definition) is 1. The number of aryl methyl sites for hydroxylation is 1. The summed E-state index contributed by atoms with van der Waals surface area (Å²) in [6.45, 7) is 2.80. The summed E-state index contributed by atoms with van der Waals surface area (Å²) < 4.78 is 2.00. The van der Waals surface area contributed by atoms with E-state index in [9.17, 15) is 0 Å². The molecule has 0 aliphatic heterocycles. The highest BCUT2D eigenvalue weighted by Crippen LogP contribution is 2.25. The molecule has 0 bridgehead atoms. The van der Waals surface area contributed by atoms with Gasteiger partial charge in [-0.05, 0) is 58.2 Å². The van der Waals surface area contributed by atoms with Crippen molar-refractivity contribution in [2.24, 2.45) is 0 Å². The molecule has 2 aromatic carbocycles. The molecule has 0 heterocycles. The van der Waals surface area contributed by atoms with E-state index >= 15 is 0 Å². The number of nitriles is 1. The first-order chi connectivity index (χ1) is 9.10. The van der Waals surface area contributed by atoms with Crippen LogP contribution in [0.4, 0.5) is 5.69 Å². The summed E-state index contributed by atoms with van der Waals surface area (Å²) in [4.78, 5) is 0. The van der Waals surface area contributed by atoms with Gasteiger partial charge in [0.05, 0.1) is 11.6 Å². The lowest BCUT2D eigenvalue weighted by Crippen LogP contribution is -2.01. The largest absolute Gasteiger partial charge is 0.380 e. The summed E-state index contributed by atoms with van der Waals surface area (Å²) in [5, 5.41) is 12.2. The first-order valence-electron chi connectivity index (χ1n) is 5.78. The number of anilines is 1. The van der Waals surface area contributed by atoms with Crippen molar-refractivity contribution in [1.29, 1.82) is 5.26 Å². The zero-order valence-electron chi connectivity index (χ0n) is 10.4. The summed E-state index contributed by atoms with van der Waals surface area (Å²) in [6, 6.07) is 13.9. The van der Waals surface area contributed by atoms with Crippen LogP contribution in [0.15, 0.2) is 45.3 Å². The molecule has 0 saturated carbocycles. The van der Waals surface area contributed by atoms with Gasteiger partial charge in [-0.2, -0.15) is 5.26 Å². The molecule has 0 atom stereocenters. The van der Waals surface area contributed by atoms with Gasteiger partial charge in [-0.3, -0.25) is 0 Å². The predicted molar refractivity (Wildman–Crippen MR) is 85.1 cm³/mol. The first kappa shape index (κ1) is 14.1. The van der Waals surface area contributed by atoms with E-state index in [-0.39, 0.29) is 0 Å². The summed E-state index contributed by atoms with van der Waals surface area (Å²) in [7, 11) is 0. The second kappa shape index (κ2) is 6.23. The third kappa shape index (κ3) is 3.59. The highest BCUT2D eigenvalue weighted by Gasteiger charge is 2.03. The number of hydrogen-bond acceptors (Lipinski definition) is 2. The van der Waals surface area contributed by atoms with E-state index in [0.717, 1.165) is 21.2 Å². The summed E-state index contributed by atoms with van der Waals surface area (Å²) in [5.41, 5.74) is 4.05. The molecule has 0 fully saturated rings. The van der Waals surface area contributed by atoms with Crippen molar-refractivity contribution >= 4 is 37.5 Å². The SMILES string of the molecule is Cc1ccc(CNc2ccc(C#N)cc2Br)c(Br)c1. The zero-order valence-corrected chi connectivity index (χ0v) is 13.5. The van der Waals surface area contributed by atoms with Crippen molar-refractivity contribution in [3.63, 3.8) is 0 Å². The molecule has 0 aromatic heterocycles. The average molecular weight is 380 g/mol. The maximum absolute atomic E-state index is 8.83. The highest BCUT2D eigenvalue weighted by molar-refractivity contribution is 9.11. The van der Waals surface area contributed by atoms with Crippen molar-refractivity contribution in [3.8, 4) is 6.07 Å². The topological polar surface area (TPSA) is 35.8 Å². The Kier molecular flexibility index (Phi) is 4.62. The van der Waals surface area contributed by atoms with Crippen molar-refractivity contribution in [3.05, 3.63) is 62.0 Å². The van der Waals surface area contributed by atoms with Gasteiger partial charge in [0.2, 0.25) is 0 Å². The Balaban J connectivity index is 2.13. The molecule has 2 nitrogen and oxygen atoms in total. The van der Waals surface area contributed by atoms with Gasteiger partial charge in [-0.25, -0.2) is 0 Å². The number of benzene rings is 2. The van der Waals surface area contributed by atoms with Gasteiger partial charge in [0, 0.05) is 21.2 Å². The van der Waals surface area contributed by atoms with Crippen LogP contribution in [0.25, 0.3) is 0 Å². The molecule has 2 rings (SSSR count). The molecule has 0 unspecified atom stereocenters. The lowest BCUT2D eigenvalue weighted by Gasteiger charge is -2.10. The maximum Gasteiger partial charge on any atom is 0.0992 e. The van der Waals surface area contributed by atoms with Crippen LogP contribution < -0.4 is 5.32 Å². The van der Waals surface area contributed by atoms with Gasteiger partial charge in [0.15, 0.2) is 0 Å². The quantitative estimate of drug-likeness (QED) is 0.813. The number of nitrogens with one attached hydrogen (secondary N) is 1. The summed E-state index contributed by atoms with van der Waals surface area (Å²) in [5.74, 6) is 0. The van der Waals surface area contributed by atoms with E-state index in [2.05, 4.69) is 68.4 Å². The second-order valence-corrected chi connectivity index (χ2v) is 5.96. The van der Waals surface area contributed by atoms with Crippen LogP contribution in [-0.2, 0) is 6.54 Å². The molecule has 0 aliphatic carbocycles. The van der Waals surface area contributed by atoms with E-state index in [4.69, 9.17) is 5.26 Å². The third-order valence-corrected chi connectivity index (χ3v) is 4.17. The molecule has 1 N–H and O–H groups in total. The van der Waals surface area contributed by atoms with Gasteiger partial charge < -0.3 is 5.32 Å². The second-order valence-electron chi connectivity index (χ2n) is 4.25. The first-order valence-corrected chi connectivity index (χ1v) is 7.37. The lowest BCUT2D eigenvalue weighted by atomic mass is 10.1. The fourth-order valence-electron chi connectivity index (χ4n) is 1.71. The Morgan fingerprint density at radius 2 is 1.89 bits per heavy atom. The van der Waals surface area contributed by atoms with Gasteiger partial charge in [0.25, 0.3) is 0 Å². The fraction of sp³-hybridized carbons (Fsp3) is 0.133. The van der Waals surface area contributed by atoms with Crippen molar-refractivity contribution in [1.82, 2.24) is 0 Å². The van der Waals surface area contributed by atoms with Crippen LogP contribution >= 0.6 is 31.9 Å². The molecule has 4 heteroatoms. The molecule has 0 amide bonds. The van der Waals surface area contributed by atoms with E-state index < -0.39 is 0 Å². The van der Waals surface area contributed by atoms with Crippen LogP contribution in [-0.4, -0.2) is 0 Å². The van der Waals surface area contributed by atoms with Gasteiger partial charge in [-0.15, -0.1) is 0 Å². The Labute approximate surface area is 129 Å². The lowest BCUT2D eigenvalue weighted by molar-refractivity contribution is 1.13. The Bertz CT molecular complexity index is 645. The maximum atomic E-state index is 8.83. The third-order valence-electron chi connectivity index (χ3n) is 2.78. The van der Waals surface area contributed by atoms with Crippen LogP contribution in [0.1, 0.15) is 16.7 Å². The molecule has 19 heavy (non-hydrogen) atoms. The van der Waals surface area contributed by atoms with Crippen LogP contribution in [0.3, 0.4) is 0 Å². The van der Waals surface area contributed by atoms with E-state index in [1.54, 1.807) is 6.07 Å². The molecular weight excluding hydrogens is 368 g/mol. The van der Waals surface area contributed by atoms with Gasteiger partial charge in [0.1, 0.15) is 0 Å². The predicted octanol–water partition coefficient (Wildman–Crippen LogP) is 5.00. The Morgan fingerprint density at radius 1 is 1.11 bits per heavy atom. The minimum atomic E-state index is 0.647. The summed E-state index contributed by atoms with van der Waals surface area (Å²) in [6.07, 6.45) is 0. The smallest absolute Gasteiger partial charge is 0.0992 e. The molecule has 0 saturated heterocycles.